The van der Waals surface area contributed by atoms with E-state index in [1.807, 2.05) is 23.6 Å². The Bertz CT molecular complexity index is 691. The maximum atomic E-state index is 12.4. The lowest BCUT2D eigenvalue weighted by Gasteiger charge is -2.11. The lowest BCUT2D eigenvalue weighted by Crippen LogP contribution is -2.35. The van der Waals surface area contributed by atoms with Crippen molar-refractivity contribution in [3.05, 3.63) is 64.0 Å². The predicted octanol–water partition coefficient (Wildman–Crippen LogP) is 3.68. The van der Waals surface area contributed by atoms with Crippen LogP contribution in [0.15, 0.2) is 53.5 Å². The van der Waals surface area contributed by atoms with Crippen molar-refractivity contribution in [2.75, 3.05) is 6.54 Å². The summed E-state index contributed by atoms with van der Waals surface area (Å²) in [5.74, 6) is -0.0558. The molecule has 4 nitrogen and oxygen atoms in total. The van der Waals surface area contributed by atoms with Gasteiger partial charge in [-0.15, -0.1) is 11.3 Å². The Morgan fingerprint density at radius 3 is 2.50 bits per heavy atom. The maximum absolute atomic E-state index is 12.4. The minimum atomic E-state index is -0.294. The summed E-state index contributed by atoms with van der Waals surface area (Å²) in [6.45, 7) is 4.79. The molecule has 5 heteroatoms. The van der Waals surface area contributed by atoms with Crippen LogP contribution in [0.2, 0.25) is 0 Å². The molecule has 2 rings (SSSR count). The van der Waals surface area contributed by atoms with E-state index in [4.69, 9.17) is 0 Å². The number of amides is 2. The molecule has 2 amide bonds. The van der Waals surface area contributed by atoms with Gasteiger partial charge in [-0.1, -0.05) is 38.1 Å². The fourth-order valence-corrected chi connectivity index (χ4v) is 2.68. The standard InChI is InChI=1S/C19H22N2O2S/c1-14(2)10-11-20-19(23)17(13-16-9-6-12-24-16)21-18(22)15-7-4-3-5-8-15/h3-9,12-14H,10-11H2,1-2H3,(H,20,23)(H,21,22)/b17-13-. The van der Waals surface area contributed by atoms with E-state index in [9.17, 15) is 9.59 Å². The second kappa shape index (κ2) is 9.03. The van der Waals surface area contributed by atoms with Crippen LogP contribution in [-0.4, -0.2) is 18.4 Å². The van der Waals surface area contributed by atoms with E-state index < -0.39 is 0 Å². The Kier molecular flexibility index (Phi) is 6.75. The molecular weight excluding hydrogens is 320 g/mol. The van der Waals surface area contributed by atoms with Gasteiger partial charge in [0.1, 0.15) is 5.70 Å². The van der Waals surface area contributed by atoms with Crippen LogP contribution in [0.1, 0.15) is 35.5 Å². The normalized spacial score (nSPS) is 11.4. The van der Waals surface area contributed by atoms with Gasteiger partial charge in [0.25, 0.3) is 11.8 Å². The quantitative estimate of drug-likeness (QED) is 0.754. The number of carbonyl (C=O) groups excluding carboxylic acids is 2. The highest BCUT2D eigenvalue weighted by Crippen LogP contribution is 2.13. The maximum Gasteiger partial charge on any atom is 0.267 e. The number of nitrogens with one attached hydrogen (secondary N) is 2. The number of benzene rings is 1. The minimum absolute atomic E-state index is 0.259. The van der Waals surface area contributed by atoms with Gasteiger partial charge in [-0.05, 0) is 42.0 Å². The Morgan fingerprint density at radius 2 is 1.88 bits per heavy atom. The van der Waals surface area contributed by atoms with Crippen LogP contribution < -0.4 is 10.6 Å². The zero-order valence-electron chi connectivity index (χ0n) is 13.9. The molecule has 2 N–H and O–H groups in total. The Labute approximate surface area is 146 Å². The molecule has 1 aromatic heterocycles. The highest BCUT2D eigenvalue weighted by Gasteiger charge is 2.14. The lowest BCUT2D eigenvalue weighted by atomic mass is 10.1. The van der Waals surface area contributed by atoms with Crippen LogP contribution in [0, 0.1) is 5.92 Å². The molecule has 0 saturated carbocycles. The Morgan fingerprint density at radius 1 is 1.12 bits per heavy atom. The van der Waals surface area contributed by atoms with Gasteiger partial charge in [-0.25, -0.2) is 0 Å². The SMILES string of the molecule is CC(C)CCNC(=O)/C(=C/c1cccs1)NC(=O)c1ccccc1. The first-order valence-corrected chi connectivity index (χ1v) is 8.84. The van der Waals surface area contributed by atoms with E-state index >= 15 is 0 Å². The summed E-state index contributed by atoms with van der Waals surface area (Å²) in [4.78, 5) is 25.7. The third-order valence-corrected chi connectivity index (χ3v) is 4.19. The van der Waals surface area contributed by atoms with Crippen molar-refractivity contribution < 1.29 is 9.59 Å². The molecule has 126 valence electrons. The molecule has 0 saturated heterocycles. The second-order valence-corrected chi connectivity index (χ2v) is 6.81. The topological polar surface area (TPSA) is 58.2 Å². The first-order chi connectivity index (χ1) is 11.6. The zero-order valence-corrected chi connectivity index (χ0v) is 14.7. The fourth-order valence-electron chi connectivity index (χ4n) is 2.03. The van der Waals surface area contributed by atoms with E-state index in [-0.39, 0.29) is 17.5 Å². The number of hydrogen-bond acceptors (Lipinski definition) is 3. The highest BCUT2D eigenvalue weighted by atomic mass is 32.1. The zero-order chi connectivity index (χ0) is 17.4. The van der Waals surface area contributed by atoms with Crippen molar-refractivity contribution in [1.29, 1.82) is 0 Å². The van der Waals surface area contributed by atoms with E-state index in [2.05, 4.69) is 24.5 Å². The molecule has 0 aliphatic heterocycles. The summed E-state index contributed by atoms with van der Waals surface area (Å²) in [5, 5.41) is 7.52. The highest BCUT2D eigenvalue weighted by molar-refractivity contribution is 7.10. The third kappa shape index (κ3) is 5.66. The Hall–Kier alpha value is -2.40. The Balaban J connectivity index is 2.11. The van der Waals surface area contributed by atoms with Crippen LogP contribution in [-0.2, 0) is 4.79 Å². The molecule has 0 unspecified atom stereocenters. The van der Waals surface area contributed by atoms with Gasteiger partial charge in [-0.3, -0.25) is 9.59 Å². The summed E-state index contributed by atoms with van der Waals surface area (Å²) in [5.41, 5.74) is 0.777. The number of carbonyl (C=O) groups is 2. The number of rotatable bonds is 7. The molecule has 0 radical (unpaired) electrons. The van der Waals surface area contributed by atoms with Gasteiger partial charge in [0.05, 0.1) is 0 Å². The monoisotopic (exact) mass is 342 g/mol. The largest absolute Gasteiger partial charge is 0.351 e. The van der Waals surface area contributed by atoms with Crippen molar-refractivity contribution in [2.24, 2.45) is 5.92 Å². The van der Waals surface area contributed by atoms with Crippen molar-refractivity contribution in [1.82, 2.24) is 10.6 Å². The summed E-state index contributed by atoms with van der Waals surface area (Å²) in [6.07, 6.45) is 2.60. The summed E-state index contributed by atoms with van der Waals surface area (Å²) >= 11 is 1.51. The van der Waals surface area contributed by atoms with Gasteiger partial charge < -0.3 is 10.6 Å². The average Bonchev–Trinajstić information content (AvgIpc) is 3.07. The van der Waals surface area contributed by atoms with Crippen LogP contribution >= 0.6 is 11.3 Å². The van der Waals surface area contributed by atoms with Crippen molar-refractivity contribution in [3.8, 4) is 0 Å². The van der Waals surface area contributed by atoms with Crippen LogP contribution in [0.3, 0.4) is 0 Å². The van der Waals surface area contributed by atoms with Crippen molar-refractivity contribution in [2.45, 2.75) is 20.3 Å². The van der Waals surface area contributed by atoms with Gasteiger partial charge >= 0.3 is 0 Å². The summed E-state index contributed by atoms with van der Waals surface area (Å²) in [7, 11) is 0. The van der Waals surface area contributed by atoms with Gasteiger partial charge in [0.15, 0.2) is 0 Å². The van der Waals surface area contributed by atoms with E-state index in [0.29, 0.717) is 18.0 Å². The van der Waals surface area contributed by atoms with Gasteiger partial charge in [-0.2, -0.15) is 0 Å². The molecule has 0 spiro atoms. The van der Waals surface area contributed by atoms with Gasteiger partial charge in [0, 0.05) is 17.0 Å². The summed E-state index contributed by atoms with van der Waals surface area (Å²) < 4.78 is 0. The number of hydrogen-bond donors (Lipinski definition) is 2. The van der Waals surface area contributed by atoms with E-state index in [0.717, 1.165) is 11.3 Å². The minimum Gasteiger partial charge on any atom is -0.351 e. The van der Waals surface area contributed by atoms with E-state index in [1.165, 1.54) is 11.3 Å². The fraction of sp³-hybridized carbons (Fsp3) is 0.263. The van der Waals surface area contributed by atoms with Crippen LogP contribution in [0.4, 0.5) is 0 Å². The molecule has 0 fully saturated rings. The molecule has 0 aliphatic rings. The van der Waals surface area contributed by atoms with Crippen molar-refractivity contribution >= 4 is 29.2 Å². The molecule has 0 atom stereocenters. The average molecular weight is 342 g/mol. The predicted molar refractivity (Wildman–Crippen MR) is 98.7 cm³/mol. The van der Waals surface area contributed by atoms with E-state index in [1.54, 1.807) is 30.3 Å². The van der Waals surface area contributed by atoms with Gasteiger partial charge in [0.2, 0.25) is 0 Å². The first-order valence-electron chi connectivity index (χ1n) is 7.96. The number of thiophene rings is 1. The summed E-state index contributed by atoms with van der Waals surface area (Å²) in [6, 6.07) is 12.7. The molecule has 1 heterocycles. The molecule has 0 aliphatic carbocycles. The lowest BCUT2D eigenvalue weighted by molar-refractivity contribution is -0.117. The first kappa shape index (κ1) is 17.9. The molecule has 24 heavy (non-hydrogen) atoms. The molecule has 0 bridgehead atoms. The van der Waals surface area contributed by atoms with Crippen LogP contribution in [0.25, 0.3) is 6.08 Å². The molecule has 2 aromatic rings. The smallest absolute Gasteiger partial charge is 0.267 e. The third-order valence-electron chi connectivity index (χ3n) is 3.37. The molecular formula is C19H22N2O2S. The van der Waals surface area contributed by atoms with Crippen molar-refractivity contribution in [3.63, 3.8) is 0 Å². The molecule has 1 aromatic carbocycles. The second-order valence-electron chi connectivity index (χ2n) is 5.83. The van der Waals surface area contributed by atoms with Crippen LogP contribution in [0.5, 0.6) is 0 Å².